The largest absolute Gasteiger partial charge is 0.480 e. The minimum Gasteiger partial charge on any atom is -0.480 e. The first kappa shape index (κ1) is 37.1. The van der Waals surface area contributed by atoms with Gasteiger partial charge >= 0.3 is 11.9 Å². The van der Waals surface area contributed by atoms with E-state index in [0.717, 1.165) is 56.9 Å². The van der Waals surface area contributed by atoms with Gasteiger partial charge in [0.1, 0.15) is 24.6 Å². The first-order valence-corrected chi connectivity index (χ1v) is 17.6. The molecule has 15 heteroatoms. The van der Waals surface area contributed by atoms with E-state index in [1.165, 1.54) is 21.6 Å². The Kier molecular flexibility index (Phi) is 17.6. The molecule has 2 aromatic heterocycles. The summed E-state index contributed by atoms with van der Waals surface area (Å²) in [6.45, 7) is 4.33. The van der Waals surface area contributed by atoms with E-state index < -0.39 is 18.0 Å². The van der Waals surface area contributed by atoms with Gasteiger partial charge in [-0.3, -0.25) is 19.4 Å². The third-order valence-corrected chi connectivity index (χ3v) is 9.24. The van der Waals surface area contributed by atoms with Gasteiger partial charge < -0.3 is 36.0 Å². The lowest BCUT2D eigenvalue weighted by atomic mass is 10.1. The minimum atomic E-state index is -1.19. The zero-order chi connectivity index (χ0) is 32.3. The van der Waals surface area contributed by atoms with Gasteiger partial charge in [0.25, 0.3) is 5.56 Å². The number of aromatic nitrogens is 3. The molecule has 0 fully saturated rings. The van der Waals surface area contributed by atoms with Crippen LogP contribution in [0.3, 0.4) is 0 Å². The predicted molar refractivity (Wildman–Crippen MR) is 175 cm³/mol. The summed E-state index contributed by atoms with van der Waals surface area (Å²) in [6, 6.07) is 0.673. The molecule has 0 aromatic carbocycles. The van der Waals surface area contributed by atoms with E-state index in [4.69, 9.17) is 10.5 Å². The lowest BCUT2D eigenvalue weighted by Gasteiger charge is -2.18. The molecule has 0 bridgehead atoms. The summed E-state index contributed by atoms with van der Waals surface area (Å²) in [7, 11) is 3.03. The molecule has 0 saturated carbocycles. The summed E-state index contributed by atoms with van der Waals surface area (Å²) in [5.41, 5.74) is 6.68. The van der Waals surface area contributed by atoms with Gasteiger partial charge in [0.05, 0.1) is 11.4 Å². The number of hydrogen-bond donors (Lipinski definition) is 6. The highest BCUT2D eigenvalue weighted by Gasteiger charge is 2.21. The molecule has 3 atom stereocenters. The van der Waals surface area contributed by atoms with Crippen LogP contribution in [-0.2, 0) is 30.3 Å². The molecule has 0 spiro atoms. The fourth-order valence-electron chi connectivity index (χ4n) is 4.59. The molecule has 246 valence electrons. The van der Waals surface area contributed by atoms with Crippen molar-refractivity contribution < 1.29 is 29.0 Å². The Bertz CT molecular complexity index is 1250. The van der Waals surface area contributed by atoms with Crippen LogP contribution in [0.25, 0.3) is 11.0 Å². The summed E-state index contributed by atoms with van der Waals surface area (Å²) < 4.78 is 5.18. The van der Waals surface area contributed by atoms with E-state index >= 15 is 0 Å². The van der Waals surface area contributed by atoms with Crippen molar-refractivity contribution in [2.24, 2.45) is 0 Å². The number of aromatic amines is 2. The number of H-pyrrole nitrogens is 2. The Morgan fingerprint density at radius 3 is 2.59 bits per heavy atom. The number of nitrogens with two attached hydrogens (primary N) is 1. The van der Waals surface area contributed by atoms with Crippen LogP contribution in [-0.4, -0.2) is 80.4 Å². The zero-order valence-corrected chi connectivity index (χ0v) is 27.2. The Morgan fingerprint density at radius 2 is 1.86 bits per heavy atom. The van der Waals surface area contributed by atoms with Crippen LogP contribution < -0.4 is 21.9 Å². The molecular weight excluding hydrogens is 608 g/mol. The number of anilines is 1. The third kappa shape index (κ3) is 14.6. The number of nitrogens with zero attached hydrogens (tertiary/aromatic N) is 1. The molecule has 2 heterocycles. The summed E-state index contributed by atoms with van der Waals surface area (Å²) in [6.07, 6.45) is 7.96. The number of esters is 1. The molecule has 0 aliphatic heterocycles. The Morgan fingerprint density at radius 1 is 1.11 bits per heavy atom. The monoisotopic (exact) mass is 654 g/mol. The molecule has 0 saturated heterocycles. The maximum atomic E-state index is 12.3. The van der Waals surface area contributed by atoms with Gasteiger partial charge in [0.2, 0.25) is 11.9 Å². The summed E-state index contributed by atoms with van der Waals surface area (Å²) in [4.78, 5) is 68.8. The number of carbonyl (C=O) groups excluding carboxylic acids is 3. The van der Waals surface area contributed by atoms with Crippen molar-refractivity contribution in [3.63, 3.8) is 0 Å². The number of nitrogen functional groups attached to an aromatic ring is 1. The molecule has 44 heavy (non-hydrogen) atoms. The van der Waals surface area contributed by atoms with Crippen LogP contribution >= 0.6 is 21.6 Å². The van der Waals surface area contributed by atoms with E-state index in [9.17, 15) is 29.1 Å². The lowest BCUT2D eigenvalue weighted by molar-refractivity contribution is -0.145. The molecule has 2 aromatic rings. The average Bonchev–Trinajstić information content (AvgIpc) is 3.38. The first-order chi connectivity index (χ1) is 21.1. The second-order valence-corrected chi connectivity index (χ2v) is 13.3. The van der Waals surface area contributed by atoms with Crippen LogP contribution in [0.5, 0.6) is 0 Å². The number of unbranched alkanes of at least 4 members (excludes halogenated alkanes) is 4. The summed E-state index contributed by atoms with van der Waals surface area (Å²) >= 11 is 0. The predicted octanol–water partition coefficient (Wildman–Crippen LogP) is 3.34. The highest BCUT2D eigenvalue weighted by Crippen LogP contribution is 2.21. The maximum Gasteiger partial charge on any atom is 0.326 e. The molecule has 7 N–H and O–H groups in total. The van der Waals surface area contributed by atoms with Gasteiger partial charge in [-0.25, -0.2) is 4.79 Å². The zero-order valence-electron chi connectivity index (χ0n) is 25.5. The van der Waals surface area contributed by atoms with E-state index in [1.54, 1.807) is 6.07 Å². The third-order valence-electron chi connectivity index (χ3n) is 6.84. The number of nitrogens with one attached hydrogen (secondary N) is 4. The number of carboxylic acid groups (broad SMARTS) is 1. The van der Waals surface area contributed by atoms with Crippen LogP contribution in [0.4, 0.5) is 5.95 Å². The molecule has 2 rings (SSSR count). The number of aldehydes is 1. The standard InChI is InChI=1S/C29H46N6O7S2/c1-3-9-19(2)31-21(17-36)18-44-43-15-14-42-25(38)13-12-23(28(40)41)33-24(37)11-8-6-4-5-7-10-20-16-22-26(32-20)34-29(30)35-27(22)39/h16-17,19,21,23,31H,3-15,18H2,1-2H3,(H,33,37)(H,40,41)(H4,30,32,34,35,39). The quantitative estimate of drug-likeness (QED) is 0.0417. The molecular formula is C29H46N6O7S2. The number of aliphatic carboxylic acids is 1. The van der Waals surface area contributed by atoms with Crippen molar-refractivity contribution in [3.05, 3.63) is 22.1 Å². The Hall–Kier alpha value is -3.04. The van der Waals surface area contributed by atoms with Crippen LogP contribution in [0.2, 0.25) is 0 Å². The number of fused-ring (bicyclic) bond motifs is 1. The first-order valence-electron chi connectivity index (χ1n) is 15.1. The second-order valence-electron chi connectivity index (χ2n) is 10.7. The van der Waals surface area contributed by atoms with Gasteiger partial charge in [-0.15, -0.1) is 0 Å². The topological polar surface area (TPSA) is 209 Å². The smallest absolute Gasteiger partial charge is 0.326 e. The maximum absolute atomic E-state index is 12.3. The normalized spacial score (nSPS) is 13.3. The Balaban J connectivity index is 1.53. The summed E-state index contributed by atoms with van der Waals surface area (Å²) in [5.74, 6) is -0.844. The molecule has 3 unspecified atom stereocenters. The van der Waals surface area contributed by atoms with Crippen LogP contribution in [0.1, 0.15) is 83.7 Å². The van der Waals surface area contributed by atoms with Crippen molar-refractivity contribution in [2.45, 2.75) is 103 Å². The minimum absolute atomic E-state index is 0.0494. The van der Waals surface area contributed by atoms with Gasteiger partial charge in [-0.2, -0.15) is 4.98 Å². The van der Waals surface area contributed by atoms with Crippen molar-refractivity contribution in [3.8, 4) is 0 Å². The van der Waals surface area contributed by atoms with Crippen LogP contribution in [0.15, 0.2) is 10.9 Å². The number of ether oxygens (including phenoxy) is 1. The van der Waals surface area contributed by atoms with E-state index in [2.05, 4.69) is 39.4 Å². The van der Waals surface area contributed by atoms with Gasteiger partial charge in [0, 0.05) is 36.1 Å². The number of hydrogen-bond acceptors (Lipinski definition) is 11. The fraction of sp³-hybridized carbons (Fsp3) is 0.655. The van der Waals surface area contributed by atoms with Crippen molar-refractivity contribution >= 4 is 62.7 Å². The Labute approximate surface area is 265 Å². The van der Waals surface area contributed by atoms with E-state index in [-0.39, 0.29) is 55.4 Å². The van der Waals surface area contributed by atoms with Gasteiger partial charge in [-0.05, 0) is 45.1 Å². The molecule has 0 radical (unpaired) electrons. The van der Waals surface area contributed by atoms with Crippen LogP contribution in [0, 0.1) is 0 Å². The number of rotatable bonds is 24. The van der Waals surface area contributed by atoms with Crippen molar-refractivity contribution in [2.75, 3.05) is 23.8 Å². The molecule has 13 nitrogen and oxygen atoms in total. The average molecular weight is 655 g/mol. The second kappa shape index (κ2) is 20.8. The lowest BCUT2D eigenvalue weighted by Crippen LogP contribution is -2.41. The number of carboxylic acids is 1. The van der Waals surface area contributed by atoms with Gasteiger partial charge in [0.15, 0.2) is 0 Å². The summed E-state index contributed by atoms with van der Waals surface area (Å²) in [5, 5.41) is 15.7. The SMILES string of the molecule is CCCC(C)NC(C=O)CSSCCOC(=O)CCC(NC(=O)CCCCCCCc1cc2c(=O)[nH]c(N)nc2[nH]1)C(=O)O. The van der Waals surface area contributed by atoms with Crippen molar-refractivity contribution in [1.82, 2.24) is 25.6 Å². The fourth-order valence-corrected chi connectivity index (χ4v) is 6.57. The molecule has 0 aliphatic carbocycles. The van der Waals surface area contributed by atoms with Gasteiger partial charge in [-0.1, -0.05) is 54.2 Å². The highest BCUT2D eigenvalue weighted by molar-refractivity contribution is 8.76. The molecule has 0 aliphatic rings. The number of amides is 1. The van der Waals surface area contributed by atoms with E-state index in [0.29, 0.717) is 29.0 Å². The van der Waals surface area contributed by atoms with Crippen molar-refractivity contribution in [1.29, 1.82) is 0 Å². The highest BCUT2D eigenvalue weighted by atomic mass is 33.1. The molecule has 1 amide bonds. The number of aryl methyl sites for hydroxylation is 1. The van der Waals surface area contributed by atoms with E-state index in [1.807, 2.05) is 0 Å². The number of carbonyl (C=O) groups is 4.